The lowest BCUT2D eigenvalue weighted by Gasteiger charge is -1.91. The van der Waals surface area contributed by atoms with E-state index in [2.05, 4.69) is 5.10 Å². The Kier molecular flexibility index (Phi) is 1.85. The van der Waals surface area contributed by atoms with Crippen molar-refractivity contribution in [1.82, 2.24) is 9.78 Å². The van der Waals surface area contributed by atoms with Gasteiger partial charge in [-0.05, 0) is 6.07 Å². The molecule has 0 aromatic carbocycles. The first-order chi connectivity index (χ1) is 6.68. The number of rotatable bonds is 2. The number of furan rings is 1. The van der Waals surface area contributed by atoms with E-state index >= 15 is 0 Å². The lowest BCUT2D eigenvalue weighted by atomic mass is 10.1. The standard InChI is InChI=1S/C9H8N2O3/c1-11-4-7(9(12)13)8(10-11)6-2-3-14-5-6/h2-5H,1H3,(H,12,13). The molecule has 1 N–H and O–H groups in total. The van der Waals surface area contributed by atoms with Gasteiger partial charge in [0, 0.05) is 18.8 Å². The van der Waals surface area contributed by atoms with Crippen molar-refractivity contribution in [1.29, 1.82) is 0 Å². The van der Waals surface area contributed by atoms with Crippen molar-refractivity contribution in [2.24, 2.45) is 7.05 Å². The molecule has 0 spiro atoms. The minimum absolute atomic E-state index is 0.175. The molecule has 0 radical (unpaired) electrons. The normalized spacial score (nSPS) is 10.4. The molecule has 0 aliphatic rings. The van der Waals surface area contributed by atoms with Gasteiger partial charge in [0.25, 0.3) is 0 Å². The van der Waals surface area contributed by atoms with E-state index in [0.29, 0.717) is 11.3 Å². The minimum atomic E-state index is -0.991. The first kappa shape index (κ1) is 8.55. The number of nitrogens with zero attached hydrogens (tertiary/aromatic N) is 2. The molecule has 0 aliphatic carbocycles. The highest BCUT2D eigenvalue weighted by Gasteiger charge is 2.16. The summed E-state index contributed by atoms with van der Waals surface area (Å²) in [6.07, 6.45) is 4.41. The van der Waals surface area contributed by atoms with Gasteiger partial charge in [0.1, 0.15) is 11.3 Å². The molecular formula is C9H8N2O3. The molecule has 14 heavy (non-hydrogen) atoms. The molecule has 0 fully saturated rings. The van der Waals surface area contributed by atoms with E-state index < -0.39 is 5.97 Å². The predicted octanol–water partition coefficient (Wildman–Crippen LogP) is 1.38. The maximum Gasteiger partial charge on any atom is 0.339 e. The van der Waals surface area contributed by atoms with Crippen molar-refractivity contribution in [3.63, 3.8) is 0 Å². The average molecular weight is 192 g/mol. The Morgan fingerprint density at radius 3 is 3.00 bits per heavy atom. The van der Waals surface area contributed by atoms with Gasteiger partial charge in [-0.1, -0.05) is 0 Å². The molecule has 0 unspecified atom stereocenters. The summed E-state index contributed by atoms with van der Waals surface area (Å²) in [7, 11) is 1.68. The number of hydrogen-bond acceptors (Lipinski definition) is 3. The van der Waals surface area contributed by atoms with E-state index in [1.165, 1.54) is 23.4 Å². The molecular weight excluding hydrogens is 184 g/mol. The second kappa shape index (κ2) is 3.02. The van der Waals surface area contributed by atoms with Crippen LogP contribution in [0.3, 0.4) is 0 Å². The van der Waals surface area contributed by atoms with Crippen LogP contribution >= 0.6 is 0 Å². The zero-order valence-corrected chi connectivity index (χ0v) is 7.47. The quantitative estimate of drug-likeness (QED) is 0.780. The van der Waals surface area contributed by atoms with Crippen molar-refractivity contribution in [3.05, 3.63) is 30.4 Å². The lowest BCUT2D eigenvalue weighted by molar-refractivity contribution is 0.0697. The third kappa shape index (κ3) is 1.28. The van der Waals surface area contributed by atoms with Crippen LogP contribution in [0.2, 0.25) is 0 Å². The summed E-state index contributed by atoms with van der Waals surface area (Å²) in [6.45, 7) is 0. The van der Waals surface area contributed by atoms with Gasteiger partial charge < -0.3 is 9.52 Å². The molecule has 5 nitrogen and oxygen atoms in total. The Balaban J connectivity index is 2.58. The number of carbonyl (C=O) groups is 1. The smallest absolute Gasteiger partial charge is 0.339 e. The first-order valence-electron chi connectivity index (χ1n) is 3.98. The van der Waals surface area contributed by atoms with Crippen LogP contribution in [0.1, 0.15) is 10.4 Å². The van der Waals surface area contributed by atoms with Crippen LogP contribution in [-0.4, -0.2) is 20.9 Å². The number of aromatic nitrogens is 2. The van der Waals surface area contributed by atoms with Crippen LogP contribution in [0.4, 0.5) is 0 Å². The second-order valence-electron chi connectivity index (χ2n) is 2.88. The second-order valence-corrected chi connectivity index (χ2v) is 2.88. The molecule has 0 aliphatic heterocycles. The predicted molar refractivity (Wildman–Crippen MR) is 47.9 cm³/mol. The van der Waals surface area contributed by atoms with E-state index in [0.717, 1.165) is 0 Å². The SMILES string of the molecule is Cn1cc(C(=O)O)c(-c2ccoc2)n1. The van der Waals surface area contributed by atoms with Crippen molar-refractivity contribution >= 4 is 5.97 Å². The number of aryl methyl sites for hydroxylation is 1. The number of aromatic carboxylic acids is 1. The zero-order chi connectivity index (χ0) is 10.1. The maximum atomic E-state index is 10.8. The molecule has 72 valence electrons. The Labute approximate surface area is 79.6 Å². The molecule has 5 heteroatoms. The number of carboxylic acid groups (broad SMARTS) is 1. The first-order valence-corrected chi connectivity index (χ1v) is 3.98. The molecule has 0 saturated heterocycles. The van der Waals surface area contributed by atoms with Gasteiger partial charge in [0.05, 0.1) is 12.5 Å². The van der Waals surface area contributed by atoms with Gasteiger partial charge in [0.15, 0.2) is 0 Å². The fraction of sp³-hybridized carbons (Fsp3) is 0.111. The van der Waals surface area contributed by atoms with Gasteiger partial charge >= 0.3 is 5.97 Å². The summed E-state index contributed by atoms with van der Waals surface area (Å²) in [6, 6.07) is 1.68. The number of hydrogen-bond donors (Lipinski definition) is 1. The summed E-state index contributed by atoms with van der Waals surface area (Å²) >= 11 is 0. The summed E-state index contributed by atoms with van der Waals surface area (Å²) in [5.41, 5.74) is 1.27. The Morgan fingerprint density at radius 1 is 1.64 bits per heavy atom. The van der Waals surface area contributed by atoms with Crippen LogP contribution in [0, 0.1) is 0 Å². The van der Waals surface area contributed by atoms with Crippen LogP contribution < -0.4 is 0 Å². The van der Waals surface area contributed by atoms with E-state index in [4.69, 9.17) is 9.52 Å². The molecule has 0 amide bonds. The molecule has 2 aromatic rings. The lowest BCUT2D eigenvalue weighted by Crippen LogP contribution is -1.95. The van der Waals surface area contributed by atoms with Crippen molar-refractivity contribution < 1.29 is 14.3 Å². The van der Waals surface area contributed by atoms with Crippen LogP contribution in [0.15, 0.2) is 29.2 Å². The molecule has 0 saturated carbocycles. The zero-order valence-electron chi connectivity index (χ0n) is 7.47. The topological polar surface area (TPSA) is 68.3 Å². The molecule has 2 heterocycles. The molecule has 0 atom stereocenters. The van der Waals surface area contributed by atoms with Crippen LogP contribution in [-0.2, 0) is 7.05 Å². The highest BCUT2D eigenvalue weighted by Crippen LogP contribution is 2.21. The minimum Gasteiger partial charge on any atom is -0.478 e. The third-order valence-corrected chi connectivity index (χ3v) is 1.85. The monoisotopic (exact) mass is 192 g/mol. The van der Waals surface area contributed by atoms with Gasteiger partial charge in [-0.25, -0.2) is 4.79 Å². The molecule has 2 aromatic heterocycles. The van der Waals surface area contributed by atoms with E-state index in [9.17, 15) is 4.79 Å². The average Bonchev–Trinajstić information content (AvgIpc) is 2.70. The summed E-state index contributed by atoms with van der Waals surface area (Å²) < 4.78 is 6.33. The Bertz CT molecular complexity index is 456. The van der Waals surface area contributed by atoms with Crippen molar-refractivity contribution in [3.8, 4) is 11.3 Å². The fourth-order valence-electron chi connectivity index (χ4n) is 1.26. The number of carboxylic acids is 1. The van der Waals surface area contributed by atoms with Crippen molar-refractivity contribution in [2.75, 3.05) is 0 Å². The highest BCUT2D eigenvalue weighted by molar-refractivity contribution is 5.94. The molecule has 0 bridgehead atoms. The fourth-order valence-corrected chi connectivity index (χ4v) is 1.26. The van der Waals surface area contributed by atoms with Gasteiger partial charge in [-0.3, -0.25) is 4.68 Å². The summed E-state index contributed by atoms with van der Waals surface area (Å²) in [4.78, 5) is 10.8. The summed E-state index contributed by atoms with van der Waals surface area (Å²) in [5.74, 6) is -0.991. The maximum absolute atomic E-state index is 10.8. The van der Waals surface area contributed by atoms with Crippen LogP contribution in [0.5, 0.6) is 0 Å². The Morgan fingerprint density at radius 2 is 2.43 bits per heavy atom. The van der Waals surface area contributed by atoms with Crippen LogP contribution in [0.25, 0.3) is 11.3 Å². The van der Waals surface area contributed by atoms with Gasteiger partial charge in [-0.15, -0.1) is 0 Å². The van der Waals surface area contributed by atoms with Gasteiger partial charge in [-0.2, -0.15) is 5.10 Å². The third-order valence-electron chi connectivity index (χ3n) is 1.85. The Hall–Kier alpha value is -2.04. The molecule has 2 rings (SSSR count). The van der Waals surface area contributed by atoms with Gasteiger partial charge in [0.2, 0.25) is 0 Å². The van der Waals surface area contributed by atoms with E-state index in [1.54, 1.807) is 13.1 Å². The summed E-state index contributed by atoms with van der Waals surface area (Å²) in [5, 5.41) is 12.9. The van der Waals surface area contributed by atoms with E-state index in [-0.39, 0.29) is 5.56 Å². The van der Waals surface area contributed by atoms with Crippen molar-refractivity contribution in [2.45, 2.75) is 0 Å². The van der Waals surface area contributed by atoms with E-state index in [1.807, 2.05) is 0 Å². The highest BCUT2D eigenvalue weighted by atomic mass is 16.4. The largest absolute Gasteiger partial charge is 0.478 e.